The molecule has 4 nitrogen and oxygen atoms in total. The molecule has 1 amide bonds. The van der Waals surface area contributed by atoms with E-state index in [0.717, 1.165) is 5.56 Å². The molecule has 5 heteroatoms. The van der Waals surface area contributed by atoms with Crippen molar-refractivity contribution in [3.63, 3.8) is 0 Å². The van der Waals surface area contributed by atoms with Gasteiger partial charge in [0, 0.05) is 29.9 Å². The van der Waals surface area contributed by atoms with Crippen molar-refractivity contribution in [3.8, 4) is 17.6 Å². The van der Waals surface area contributed by atoms with Gasteiger partial charge in [-0.1, -0.05) is 24.1 Å². The maximum atomic E-state index is 13.1. The molecule has 28 heavy (non-hydrogen) atoms. The molecule has 3 aromatic rings. The SMILES string of the molecule is O=C(CCCOc1cccc(F)c1)Nc1cccc(C#Cc2ccccn2)c1. The van der Waals surface area contributed by atoms with Gasteiger partial charge in [0.25, 0.3) is 0 Å². The Balaban J connectivity index is 1.47. The lowest BCUT2D eigenvalue weighted by Gasteiger charge is -2.07. The van der Waals surface area contributed by atoms with E-state index in [1.807, 2.05) is 42.5 Å². The van der Waals surface area contributed by atoms with Crippen molar-refractivity contribution < 1.29 is 13.9 Å². The minimum atomic E-state index is -0.346. The predicted molar refractivity (Wildman–Crippen MR) is 106 cm³/mol. The molecule has 0 aliphatic carbocycles. The van der Waals surface area contributed by atoms with Crippen LogP contribution in [0, 0.1) is 17.7 Å². The fourth-order valence-electron chi connectivity index (χ4n) is 2.45. The number of halogens is 1. The van der Waals surface area contributed by atoms with Gasteiger partial charge in [0.15, 0.2) is 0 Å². The zero-order chi connectivity index (χ0) is 19.6. The summed E-state index contributed by atoms with van der Waals surface area (Å²) in [6, 6.07) is 18.8. The molecule has 0 unspecified atom stereocenters. The minimum Gasteiger partial charge on any atom is -0.493 e. The summed E-state index contributed by atoms with van der Waals surface area (Å²) < 4.78 is 18.5. The van der Waals surface area contributed by atoms with Crippen LogP contribution in [0.4, 0.5) is 10.1 Å². The number of hydrogen-bond donors (Lipinski definition) is 1. The number of nitrogens with one attached hydrogen (secondary N) is 1. The van der Waals surface area contributed by atoms with Gasteiger partial charge in [-0.25, -0.2) is 9.37 Å². The second kappa shape index (κ2) is 9.89. The average molecular weight is 374 g/mol. The maximum absolute atomic E-state index is 13.1. The molecule has 0 saturated heterocycles. The first-order valence-electron chi connectivity index (χ1n) is 8.90. The molecule has 0 radical (unpaired) electrons. The standard InChI is InChI=1S/C23H19FN2O2/c24-19-7-4-10-22(17-19)28-15-5-11-23(27)26-21-9-3-6-18(16-21)12-13-20-8-1-2-14-25-20/h1-4,6-10,14,16-17H,5,11,15H2,(H,26,27). The Morgan fingerprint density at radius 2 is 1.93 bits per heavy atom. The fraction of sp³-hybridized carbons (Fsp3) is 0.130. The molecule has 0 aliphatic rings. The van der Waals surface area contributed by atoms with E-state index in [9.17, 15) is 9.18 Å². The quantitative estimate of drug-likeness (QED) is 0.513. The highest BCUT2D eigenvalue weighted by Crippen LogP contribution is 2.13. The summed E-state index contributed by atoms with van der Waals surface area (Å²) in [6.07, 6.45) is 2.53. The summed E-state index contributed by atoms with van der Waals surface area (Å²) in [5.41, 5.74) is 2.16. The van der Waals surface area contributed by atoms with Crippen LogP contribution >= 0.6 is 0 Å². The summed E-state index contributed by atoms with van der Waals surface area (Å²) in [5.74, 6) is 6.02. The molecule has 1 N–H and O–H groups in total. The van der Waals surface area contributed by atoms with Crippen molar-refractivity contribution in [1.82, 2.24) is 4.98 Å². The highest BCUT2D eigenvalue weighted by Gasteiger charge is 2.04. The zero-order valence-corrected chi connectivity index (χ0v) is 15.2. The van der Waals surface area contributed by atoms with Crippen molar-refractivity contribution in [2.24, 2.45) is 0 Å². The van der Waals surface area contributed by atoms with E-state index in [2.05, 4.69) is 22.1 Å². The number of carbonyl (C=O) groups excluding carboxylic acids is 1. The van der Waals surface area contributed by atoms with E-state index in [1.54, 1.807) is 18.3 Å². The molecule has 0 bridgehead atoms. The van der Waals surface area contributed by atoms with Crippen LogP contribution in [0.1, 0.15) is 24.1 Å². The van der Waals surface area contributed by atoms with E-state index in [-0.39, 0.29) is 11.7 Å². The number of pyridine rings is 1. The molecule has 0 spiro atoms. The number of anilines is 1. The highest BCUT2D eigenvalue weighted by molar-refractivity contribution is 5.90. The molecular weight excluding hydrogens is 355 g/mol. The number of amides is 1. The Labute approximate surface area is 163 Å². The number of ether oxygens (including phenoxy) is 1. The van der Waals surface area contributed by atoms with Crippen LogP contribution in [0.3, 0.4) is 0 Å². The zero-order valence-electron chi connectivity index (χ0n) is 15.2. The molecule has 0 aliphatic heterocycles. The van der Waals surface area contributed by atoms with Gasteiger partial charge in [-0.2, -0.15) is 0 Å². The first-order chi connectivity index (χ1) is 13.7. The molecule has 0 atom stereocenters. The van der Waals surface area contributed by atoms with Gasteiger partial charge >= 0.3 is 0 Å². The molecular formula is C23H19FN2O2. The van der Waals surface area contributed by atoms with Crippen LogP contribution in [0.2, 0.25) is 0 Å². The lowest BCUT2D eigenvalue weighted by molar-refractivity contribution is -0.116. The van der Waals surface area contributed by atoms with Crippen molar-refractivity contribution in [2.75, 3.05) is 11.9 Å². The van der Waals surface area contributed by atoms with Crippen molar-refractivity contribution in [2.45, 2.75) is 12.8 Å². The third-order valence-corrected chi connectivity index (χ3v) is 3.76. The highest BCUT2D eigenvalue weighted by atomic mass is 19.1. The molecule has 0 fully saturated rings. The topological polar surface area (TPSA) is 51.2 Å². The van der Waals surface area contributed by atoms with Gasteiger partial charge in [-0.3, -0.25) is 4.79 Å². The monoisotopic (exact) mass is 374 g/mol. The summed E-state index contributed by atoms with van der Waals surface area (Å²) in [6.45, 7) is 0.340. The van der Waals surface area contributed by atoms with E-state index < -0.39 is 0 Å². The van der Waals surface area contributed by atoms with Crippen LogP contribution in [-0.2, 0) is 4.79 Å². The molecule has 1 heterocycles. The van der Waals surface area contributed by atoms with Gasteiger partial charge in [-0.05, 0) is 54.8 Å². The van der Waals surface area contributed by atoms with Crippen molar-refractivity contribution in [3.05, 3.63) is 90.0 Å². The summed E-state index contributed by atoms with van der Waals surface area (Å²) in [4.78, 5) is 16.3. The molecule has 3 rings (SSSR count). The first kappa shape index (κ1) is 19.1. The number of rotatable bonds is 6. The third-order valence-electron chi connectivity index (χ3n) is 3.76. The van der Waals surface area contributed by atoms with Gasteiger partial charge < -0.3 is 10.1 Å². The third kappa shape index (κ3) is 6.26. The number of carbonyl (C=O) groups is 1. The van der Waals surface area contributed by atoms with Gasteiger partial charge in [0.2, 0.25) is 5.91 Å². The largest absolute Gasteiger partial charge is 0.493 e. The number of nitrogens with zero attached hydrogens (tertiary/aromatic N) is 1. The minimum absolute atomic E-state index is 0.113. The summed E-state index contributed by atoms with van der Waals surface area (Å²) >= 11 is 0. The van der Waals surface area contributed by atoms with Gasteiger partial charge in [0.1, 0.15) is 17.3 Å². The van der Waals surface area contributed by atoms with E-state index >= 15 is 0 Å². The van der Waals surface area contributed by atoms with E-state index in [4.69, 9.17) is 4.74 Å². The second-order valence-electron chi connectivity index (χ2n) is 6.00. The number of hydrogen-bond acceptors (Lipinski definition) is 3. The molecule has 0 saturated carbocycles. The van der Waals surface area contributed by atoms with Crippen LogP contribution in [-0.4, -0.2) is 17.5 Å². The number of aromatic nitrogens is 1. The lowest BCUT2D eigenvalue weighted by atomic mass is 10.2. The average Bonchev–Trinajstić information content (AvgIpc) is 2.71. The first-order valence-corrected chi connectivity index (χ1v) is 8.90. The smallest absolute Gasteiger partial charge is 0.224 e. The normalized spacial score (nSPS) is 9.89. The molecule has 140 valence electrons. The van der Waals surface area contributed by atoms with Crippen LogP contribution in [0.25, 0.3) is 0 Å². The van der Waals surface area contributed by atoms with E-state index in [1.165, 1.54) is 12.1 Å². The Kier molecular flexibility index (Phi) is 6.75. The predicted octanol–water partition coefficient (Wildman–Crippen LogP) is 4.42. The Hall–Kier alpha value is -3.65. The van der Waals surface area contributed by atoms with Gasteiger partial charge in [0.05, 0.1) is 6.61 Å². The Bertz CT molecular complexity index is 994. The van der Waals surface area contributed by atoms with Crippen molar-refractivity contribution in [1.29, 1.82) is 0 Å². The number of benzene rings is 2. The summed E-state index contributed by atoms with van der Waals surface area (Å²) in [5, 5.41) is 2.85. The van der Waals surface area contributed by atoms with E-state index in [0.29, 0.717) is 36.6 Å². The Morgan fingerprint density at radius 3 is 2.75 bits per heavy atom. The van der Waals surface area contributed by atoms with Crippen LogP contribution < -0.4 is 10.1 Å². The van der Waals surface area contributed by atoms with Crippen LogP contribution in [0.15, 0.2) is 72.9 Å². The second-order valence-corrected chi connectivity index (χ2v) is 6.00. The fourth-order valence-corrected chi connectivity index (χ4v) is 2.45. The van der Waals surface area contributed by atoms with Crippen molar-refractivity contribution >= 4 is 11.6 Å². The van der Waals surface area contributed by atoms with Gasteiger partial charge in [-0.15, -0.1) is 0 Å². The van der Waals surface area contributed by atoms with Crippen LogP contribution in [0.5, 0.6) is 5.75 Å². The maximum Gasteiger partial charge on any atom is 0.224 e. The molecule has 2 aromatic carbocycles. The molecule has 1 aromatic heterocycles. The Morgan fingerprint density at radius 1 is 1.04 bits per heavy atom. The summed E-state index contributed by atoms with van der Waals surface area (Å²) in [7, 11) is 0. The lowest BCUT2D eigenvalue weighted by Crippen LogP contribution is -2.12.